The zero-order valence-corrected chi connectivity index (χ0v) is 10.5. The molecule has 2 aromatic carbocycles. The van der Waals surface area contributed by atoms with E-state index >= 15 is 0 Å². The van der Waals surface area contributed by atoms with E-state index in [-0.39, 0.29) is 0 Å². The first-order chi connectivity index (χ1) is 8.92. The monoisotopic (exact) mass is 238 g/mol. The summed E-state index contributed by atoms with van der Waals surface area (Å²) in [5, 5.41) is 0. The summed E-state index contributed by atoms with van der Waals surface area (Å²) in [5.74, 6) is 2.59. The van der Waals surface area contributed by atoms with Gasteiger partial charge < -0.3 is 4.74 Å². The van der Waals surface area contributed by atoms with Gasteiger partial charge in [-0.25, -0.2) is 0 Å². The average molecular weight is 238 g/mol. The lowest BCUT2D eigenvalue weighted by Crippen LogP contribution is -1.92. The van der Waals surface area contributed by atoms with E-state index in [2.05, 4.69) is 18.2 Å². The second-order valence-electron chi connectivity index (χ2n) is 4.97. The lowest BCUT2D eigenvalue weighted by molar-refractivity contribution is 0.481. The number of para-hydroxylation sites is 1. The first-order valence-electron chi connectivity index (χ1n) is 6.75. The van der Waals surface area contributed by atoms with Crippen molar-refractivity contribution in [1.29, 1.82) is 0 Å². The molecule has 0 amide bonds. The van der Waals surface area contributed by atoms with Gasteiger partial charge in [-0.2, -0.15) is 0 Å². The third kappa shape index (κ3) is 2.56. The van der Waals surface area contributed by atoms with Gasteiger partial charge >= 0.3 is 0 Å². The molecule has 18 heavy (non-hydrogen) atoms. The van der Waals surface area contributed by atoms with Crippen LogP contribution in [-0.4, -0.2) is 0 Å². The van der Waals surface area contributed by atoms with Crippen LogP contribution in [0.3, 0.4) is 0 Å². The Bertz CT molecular complexity index is 498. The molecule has 0 unspecified atom stereocenters. The summed E-state index contributed by atoms with van der Waals surface area (Å²) in [6, 6.07) is 18.5. The second kappa shape index (κ2) is 5.26. The van der Waals surface area contributed by atoms with Gasteiger partial charge in [0.1, 0.15) is 11.5 Å². The molecule has 3 rings (SSSR count). The number of benzene rings is 2. The third-order valence-electron chi connectivity index (χ3n) is 3.66. The SMILES string of the molecule is c1ccc(Oc2cccc(C3CCCC3)c2)cc1. The molecule has 1 saturated carbocycles. The molecule has 1 nitrogen and oxygen atoms in total. The molecule has 1 fully saturated rings. The van der Waals surface area contributed by atoms with Crippen molar-refractivity contribution in [3.05, 3.63) is 60.2 Å². The lowest BCUT2D eigenvalue weighted by atomic mass is 9.98. The summed E-state index contributed by atoms with van der Waals surface area (Å²) in [6.07, 6.45) is 5.40. The van der Waals surface area contributed by atoms with Crippen LogP contribution in [0.15, 0.2) is 54.6 Å². The fraction of sp³-hybridized carbons (Fsp3) is 0.294. The predicted molar refractivity (Wildman–Crippen MR) is 74.2 cm³/mol. The van der Waals surface area contributed by atoms with Crippen LogP contribution in [0.1, 0.15) is 37.2 Å². The fourth-order valence-corrected chi connectivity index (χ4v) is 2.72. The first-order valence-corrected chi connectivity index (χ1v) is 6.75. The molecule has 0 atom stereocenters. The van der Waals surface area contributed by atoms with Gasteiger partial charge in [0.05, 0.1) is 0 Å². The van der Waals surface area contributed by atoms with Gasteiger partial charge in [-0.3, -0.25) is 0 Å². The molecule has 0 heterocycles. The number of hydrogen-bond donors (Lipinski definition) is 0. The van der Waals surface area contributed by atoms with E-state index in [4.69, 9.17) is 4.74 Å². The van der Waals surface area contributed by atoms with Crippen LogP contribution in [0.2, 0.25) is 0 Å². The van der Waals surface area contributed by atoms with Gasteiger partial charge in [-0.05, 0) is 48.6 Å². The Kier molecular flexibility index (Phi) is 3.31. The minimum absolute atomic E-state index is 0.740. The Balaban J connectivity index is 1.78. The Morgan fingerprint density at radius 3 is 2.28 bits per heavy atom. The van der Waals surface area contributed by atoms with E-state index in [0.717, 1.165) is 17.4 Å². The van der Waals surface area contributed by atoms with Crippen LogP contribution < -0.4 is 4.74 Å². The number of hydrogen-bond acceptors (Lipinski definition) is 1. The van der Waals surface area contributed by atoms with Crippen molar-refractivity contribution in [2.45, 2.75) is 31.6 Å². The second-order valence-corrected chi connectivity index (χ2v) is 4.97. The molecule has 0 bridgehead atoms. The molecular formula is C17H18O. The van der Waals surface area contributed by atoms with Crippen molar-refractivity contribution in [3.8, 4) is 11.5 Å². The minimum atomic E-state index is 0.740. The highest BCUT2D eigenvalue weighted by Gasteiger charge is 2.17. The Labute approximate surface area is 108 Å². The maximum absolute atomic E-state index is 5.88. The quantitative estimate of drug-likeness (QED) is 0.719. The van der Waals surface area contributed by atoms with Crippen LogP contribution in [0.5, 0.6) is 11.5 Å². The largest absolute Gasteiger partial charge is 0.457 e. The van der Waals surface area contributed by atoms with Crippen molar-refractivity contribution in [1.82, 2.24) is 0 Å². The normalized spacial score (nSPS) is 15.8. The highest BCUT2D eigenvalue weighted by molar-refractivity contribution is 5.35. The standard InChI is InChI=1S/C17H18O/c1-2-10-16(11-3-1)18-17-12-6-9-15(13-17)14-7-4-5-8-14/h1-3,6,9-14H,4-5,7-8H2. The van der Waals surface area contributed by atoms with E-state index in [1.807, 2.05) is 36.4 Å². The molecule has 0 aromatic heterocycles. The van der Waals surface area contributed by atoms with Gasteiger partial charge in [0.25, 0.3) is 0 Å². The maximum atomic E-state index is 5.88. The van der Waals surface area contributed by atoms with Crippen LogP contribution in [0.4, 0.5) is 0 Å². The predicted octanol–water partition coefficient (Wildman–Crippen LogP) is 5.14. The van der Waals surface area contributed by atoms with Crippen molar-refractivity contribution in [2.24, 2.45) is 0 Å². The summed E-state index contributed by atoms with van der Waals surface area (Å²) in [4.78, 5) is 0. The van der Waals surface area contributed by atoms with E-state index in [1.54, 1.807) is 0 Å². The van der Waals surface area contributed by atoms with Crippen molar-refractivity contribution < 1.29 is 4.74 Å². The molecule has 2 aromatic rings. The van der Waals surface area contributed by atoms with E-state index in [0.29, 0.717) is 0 Å². The number of rotatable bonds is 3. The summed E-state index contributed by atoms with van der Waals surface area (Å²) >= 11 is 0. The highest BCUT2D eigenvalue weighted by Crippen LogP contribution is 2.35. The van der Waals surface area contributed by atoms with E-state index in [1.165, 1.54) is 31.2 Å². The van der Waals surface area contributed by atoms with Crippen LogP contribution >= 0.6 is 0 Å². The van der Waals surface area contributed by atoms with E-state index < -0.39 is 0 Å². The molecule has 1 aliphatic rings. The maximum Gasteiger partial charge on any atom is 0.127 e. The summed E-state index contributed by atoms with van der Waals surface area (Å²) < 4.78 is 5.88. The fourth-order valence-electron chi connectivity index (χ4n) is 2.72. The summed E-state index contributed by atoms with van der Waals surface area (Å²) in [5.41, 5.74) is 1.43. The molecule has 0 spiro atoms. The van der Waals surface area contributed by atoms with Gasteiger partial charge in [0.2, 0.25) is 0 Å². The zero-order valence-electron chi connectivity index (χ0n) is 10.5. The highest BCUT2D eigenvalue weighted by atomic mass is 16.5. The Morgan fingerprint density at radius 2 is 1.50 bits per heavy atom. The van der Waals surface area contributed by atoms with E-state index in [9.17, 15) is 0 Å². The molecule has 1 aliphatic carbocycles. The summed E-state index contributed by atoms with van der Waals surface area (Å²) in [6.45, 7) is 0. The van der Waals surface area contributed by atoms with Crippen LogP contribution in [-0.2, 0) is 0 Å². The number of ether oxygens (including phenoxy) is 1. The molecule has 0 aliphatic heterocycles. The molecule has 1 heteroatoms. The van der Waals surface area contributed by atoms with Gasteiger partial charge in [0.15, 0.2) is 0 Å². The van der Waals surface area contributed by atoms with Gasteiger partial charge in [0, 0.05) is 0 Å². The van der Waals surface area contributed by atoms with Crippen molar-refractivity contribution in [2.75, 3.05) is 0 Å². The van der Waals surface area contributed by atoms with Gasteiger partial charge in [-0.1, -0.05) is 43.2 Å². The average Bonchev–Trinajstić information content (AvgIpc) is 2.94. The minimum Gasteiger partial charge on any atom is -0.457 e. The molecule has 92 valence electrons. The molecule has 0 N–H and O–H groups in total. The Hall–Kier alpha value is -1.76. The van der Waals surface area contributed by atoms with Crippen molar-refractivity contribution >= 4 is 0 Å². The first kappa shape index (κ1) is 11.3. The van der Waals surface area contributed by atoms with Crippen LogP contribution in [0, 0.1) is 0 Å². The zero-order chi connectivity index (χ0) is 12.2. The molecule has 0 saturated heterocycles. The Morgan fingerprint density at radius 1 is 0.778 bits per heavy atom. The van der Waals surface area contributed by atoms with Crippen LogP contribution in [0.25, 0.3) is 0 Å². The third-order valence-corrected chi connectivity index (χ3v) is 3.66. The smallest absolute Gasteiger partial charge is 0.127 e. The molecular weight excluding hydrogens is 220 g/mol. The topological polar surface area (TPSA) is 9.23 Å². The van der Waals surface area contributed by atoms with Crippen molar-refractivity contribution in [3.63, 3.8) is 0 Å². The van der Waals surface area contributed by atoms with Gasteiger partial charge in [-0.15, -0.1) is 0 Å². The lowest BCUT2D eigenvalue weighted by Gasteiger charge is -2.11. The summed E-state index contributed by atoms with van der Waals surface area (Å²) in [7, 11) is 0. The molecule has 0 radical (unpaired) electrons.